The van der Waals surface area contributed by atoms with Gasteiger partial charge < -0.3 is 19.3 Å². The number of ketones is 2. The van der Waals surface area contributed by atoms with E-state index < -0.39 is 41.8 Å². The molecule has 2 amide bonds. The van der Waals surface area contributed by atoms with E-state index in [-0.39, 0.29) is 38.6 Å². The van der Waals surface area contributed by atoms with Crippen molar-refractivity contribution in [1.82, 2.24) is 4.90 Å². The Bertz CT molecular complexity index is 912. The lowest BCUT2D eigenvalue weighted by molar-refractivity contribution is -0.158. The summed E-state index contributed by atoms with van der Waals surface area (Å²) < 4.78 is 15.2. The van der Waals surface area contributed by atoms with E-state index >= 15 is 0 Å². The minimum atomic E-state index is -1.52. The van der Waals surface area contributed by atoms with Crippen molar-refractivity contribution in [2.45, 2.75) is 38.8 Å². The molecular weight excluding hydrogens is 446 g/mol. The summed E-state index contributed by atoms with van der Waals surface area (Å²) in [5.74, 6) is -3.85. The van der Waals surface area contributed by atoms with Crippen LogP contribution in [0.4, 0.5) is 4.79 Å². The molecular formula is C24H29NO9. The molecule has 10 heteroatoms. The molecule has 10 nitrogen and oxygen atoms in total. The van der Waals surface area contributed by atoms with Crippen LogP contribution >= 0.6 is 0 Å². The number of hydrogen-bond donors (Lipinski definition) is 1. The fourth-order valence-electron chi connectivity index (χ4n) is 3.39. The van der Waals surface area contributed by atoms with Crippen molar-refractivity contribution < 1.29 is 43.3 Å². The third kappa shape index (κ3) is 7.60. The molecule has 0 saturated carbocycles. The van der Waals surface area contributed by atoms with Crippen LogP contribution in [0.3, 0.4) is 0 Å². The molecule has 1 aliphatic rings. The predicted molar refractivity (Wildman–Crippen MR) is 118 cm³/mol. The molecule has 3 atom stereocenters. The smallest absolute Gasteiger partial charge is 0.417 e. The highest BCUT2D eigenvalue weighted by molar-refractivity contribution is 6.04. The molecule has 0 aromatic heterocycles. The highest BCUT2D eigenvalue weighted by atomic mass is 16.6. The highest BCUT2D eigenvalue weighted by Crippen LogP contribution is 2.30. The van der Waals surface area contributed by atoms with Crippen molar-refractivity contribution in [3.63, 3.8) is 0 Å². The number of ether oxygens (including phenoxy) is 3. The second-order valence-corrected chi connectivity index (χ2v) is 7.67. The maximum atomic E-state index is 13.2. The fourth-order valence-corrected chi connectivity index (χ4v) is 3.39. The summed E-state index contributed by atoms with van der Waals surface area (Å²) in [6, 6.07) is 8.12. The number of nitrogens with zero attached hydrogens (tertiary/aromatic N) is 1. The summed E-state index contributed by atoms with van der Waals surface area (Å²) >= 11 is 0. The van der Waals surface area contributed by atoms with E-state index in [1.54, 1.807) is 30.3 Å². The van der Waals surface area contributed by atoms with E-state index in [1.165, 1.54) is 6.92 Å². The minimum absolute atomic E-state index is 0.0378. The lowest BCUT2D eigenvalue weighted by Gasteiger charge is -2.26. The number of aliphatic hydroxyl groups excluding tert-OH is 1. The van der Waals surface area contributed by atoms with Gasteiger partial charge in [0.1, 0.15) is 12.6 Å². The number of rotatable bonds is 13. The first-order valence-corrected chi connectivity index (χ1v) is 10.9. The standard InChI is InChI=1S/C24H29NO9/c1-16(23(30)25-20(15-33-24(25)31)18-7-4-3-5-8-18)22(34-17(2)27)21(29)11-10-19(28)9-6-13-32-14-12-26/h3-5,7-8,10-11,16,20,22,26H,6,9,12-15H2,1-2H3. The molecule has 1 aliphatic heterocycles. The van der Waals surface area contributed by atoms with E-state index in [0.717, 1.165) is 24.0 Å². The Balaban J connectivity index is 2.10. The number of carbonyl (C=O) groups is 5. The first kappa shape index (κ1) is 26.9. The van der Waals surface area contributed by atoms with Crippen LogP contribution in [-0.2, 0) is 33.4 Å². The molecule has 1 fully saturated rings. The lowest BCUT2D eigenvalue weighted by atomic mass is 9.97. The number of amides is 2. The third-order valence-corrected chi connectivity index (χ3v) is 5.09. The summed E-state index contributed by atoms with van der Waals surface area (Å²) in [5, 5.41) is 8.65. The lowest BCUT2D eigenvalue weighted by Crippen LogP contribution is -2.45. The molecule has 0 bridgehead atoms. The summed E-state index contributed by atoms with van der Waals surface area (Å²) in [7, 11) is 0. The van der Waals surface area contributed by atoms with Crippen LogP contribution in [0.15, 0.2) is 42.5 Å². The van der Waals surface area contributed by atoms with Gasteiger partial charge in [0.2, 0.25) is 5.91 Å². The van der Waals surface area contributed by atoms with Crippen LogP contribution in [-0.4, -0.2) is 72.1 Å². The number of aliphatic hydroxyl groups is 1. The van der Waals surface area contributed by atoms with Crippen molar-refractivity contribution in [2.24, 2.45) is 5.92 Å². The monoisotopic (exact) mass is 475 g/mol. The zero-order valence-corrected chi connectivity index (χ0v) is 19.2. The van der Waals surface area contributed by atoms with E-state index in [2.05, 4.69) is 0 Å². The Morgan fingerprint density at radius 3 is 2.53 bits per heavy atom. The van der Waals surface area contributed by atoms with Gasteiger partial charge in [-0.15, -0.1) is 0 Å². The summed E-state index contributed by atoms with van der Waals surface area (Å²) in [5.41, 5.74) is 0.678. The van der Waals surface area contributed by atoms with E-state index in [0.29, 0.717) is 12.0 Å². The van der Waals surface area contributed by atoms with Gasteiger partial charge in [0.05, 0.1) is 19.1 Å². The van der Waals surface area contributed by atoms with Crippen molar-refractivity contribution >= 4 is 29.5 Å². The molecule has 1 aromatic carbocycles. The molecule has 1 N–H and O–H groups in total. The van der Waals surface area contributed by atoms with E-state index in [4.69, 9.17) is 19.3 Å². The molecule has 1 saturated heterocycles. The average molecular weight is 475 g/mol. The molecule has 34 heavy (non-hydrogen) atoms. The van der Waals surface area contributed by atoms with Gasteiger partial charge in [-0.3, -0.25) is 19.2 Å². The van der Waals surface area contributed by atoms with Gasteiger partial charge in [-0.05, 0) is 31.1 Å². The minimum Gasteiger partial charge on any atom is -0.453 e. The second-order valence-electron chi connectivity index (χ2n) is 7.67. The number of cyclic esters (lactones) is 1. The Kier molecular flexibility index (Phi) is 10.6. The van der Waals surface area contributed by atoms with Gasteiger partial charge in [-0.2, -0.15) is 0 Å². The second kappa shape index (κ2) is 13.4. The summed E-state index contributed by atoms with van der Waals surface area (Å²) in [4.78, 5) is 62.8. The first-order valence-electron chi connectivity index (χ1n) is 10.9. The third-order valence-electron chi connectivity index (χ3n) is 5.09. The van der Waals surface area contributed by atoms with Gasteiger partial charge in [-0.25, -0.2) is 9.69 Å². The number of esters is 1. The molecule has 2 rings (SSSR count). The molecule has 0 spiro atoms. The Morgan fingerprint density at radius 1 is 1.18 bits per heavy atom. The van der Waals surface area contributed by atoms with Crippen LogP contribution in [0.1, 0.15) is 38.3 Å². The van der Waals surface area contributed by atoms with Crippen LogP contribution < -0.4 is 0 Å². The number of allylic oxidation sites excluding steroid dienone is 1. The van der Waals surface area contributed by atoms with Crippen molar-refractivity contribution in [1.29, 1.82) is 0 Å². The maximum Gasteiger partial charge on any atom is 0.417 e. The normalized spacial score (nSPS) is 17.3. The maximum absolute atomic E-state index is 13.2. The number of carbonyl (C=O) groups excluding carboxylic acids is 5. The molecule has 1 aromatic rings. The number of benzene rings is 1. The topological polar surface area (TPSA) is 137 Å². The molecule has 3 unspecified atom stereocenters. The van der Waals surface area contributed by atoms with E-state index in [9.17, 15) is 24.0 Å². The Labute approximate surface area is 197 Å². The first-order chi connectivity index (χ1) is 16.3. The molecule has 0 radical (unpaired) electrons. The zero-order valence-electron chi connectivity index (χ0n) is 19.2. The number of hydrogen-bond acceptors (Lipinski definition) is 9. The fraction of sp³-hybridized carbons (Fsp3) is 0.458. The van der Waals surface area contributed by atoms with Crippen LogP contribution in [0.2, 0.25) is 0 Å². The van der Waals surface area contributed by atoms with Crippen LogP contribution in [0.25, 0.3) is 0 Å². The average Bonchev–Trinajstić information content (AvgIpc) is 3.21. The largest absolute Gasteiger partial charge is 0.453 e. The Morgan fingerprint density at radius 2 is 1.88 bits per heavy atom. The number of imide groups is 1. The van der Waals surface area contributed by atoms with Gasteiger partial charge in [0, 0.05) is 20.0 Å². The molecule has 0 aliphatic carbocycles. The van der Waals surface area contributed by atoms with Crippen molar-refractivity contribution in [3.8, 4) is 0 Å². The zero-order chi connectivity index (χ0) is 25.1. The van der Waals surface area contributed by atoms with Gasteiger partial charge in [0.15, 0.2) is 17.7 Å². The van der Waals surface area contributed by atoms with Gasteiger partial charge in [0.25, 0.3) is 0 Å². The highest BCUT2D eigenvalue weighted by Gasteiger charge is 2.44. The quantitative estimate of drug-likeness (QED) is 0.257. The molecule has 1 heterocycles. The molecule has 184 valence electrons. The van der Waals surface area contributed by atoms with Gasteiger partial charge in [-0.1, -0.05) is 30.3 Å². The van der Waals surface area contributed by atoms with Crippen LogP contribution in [0.5, 0.6) is 0 Å². The Hall–Kier alpha value is -3.37. The van der Waals surface area contributed by atoms with Crippen molar-refractivity contribution in [2.75, 3.05) is 26.4 Å². The summed E-state index contributed by atoms with van der Waals surface area (Å²) in [6.45, 7) is 2.77. The summed E-state index contributed by atoms with van der Waals surface area (Å²) in [6.07, 6.45) is 0.155. The van der Waals surface area contributed by atoms with Crippen molar-refractivity contribution in [3.05, 3.63) is 48.0 Å². The van der Waals surface area contributed by atoms with Crippen LogP contribution in [0, 0.1) is 5.92 Å². The van der Waals surface area contributed by atoms with E-state index in [1.807, 2.05) is 0 Å². The predicted octanol–water partition coefficient (Wildman–Crippen LogP) is 1.76. The SMILES string of the molecule is CC(=O)OC(C(=O)C=CC(=O)CCCOCCO)C(C)C(=O)N1C(=O)OCC1c1ccccc1. The van der Waals surface area contributed by atoms with Gasteiger partial charge >= 0.3 is 12.1 Å².